The fourth-order valence-electron chi connectivity index (χ4n) is 2.08. The molecule has 0 aliphatic heterocycles. The van der Waals surface area contributed by atoms with Gasteiger partial charge in [-0.25, -0.2) is 0 Å². The average Bonchev–Trinajstić information content (AvgIpc) is 2.80. The van der Waals surface area contributed by atoms with Crippen molar-refractivity contribution in [1.82, 2.24) is 4.57 Å². The molecule has 1 aromatic heterocycles. The minimum Gasteiger partial charge on any atom is -0.507 e. The quantitative estimate of drug-likeness (QED) is 0.894. The number of phenols is 1. The Labute approximate surface area is 126 Å². The van der Waals surface area contributed by atoms with E-state index in [2.05, 4.69) is 21.2 Å². The van der Waals surface area contributed by atoms with Crippen LogP contribution in [-0.4, -0.2) is 15.6 Å². The van der Waals surface area contributed by atoms with Gasteiger partial charge in [-0.3, -0.25) is 4.79 Å². The molecule has 0 fully saturated rings. The molecule has 0 radical (unpaired) electrons. The van der Waals surface area contributed by atoms with Gasteiger partial charge in [0, 0.05) is 28.5 Å². The maximum Gasteiger partial charge on any atom is 0.272 e. The Kier molecular flexibility index (Phi) is 4.18. The van der Waals surface area contributed by atoms with Crippen molar-refractivity contribution in [2.45, 2.75) is 27.3 Å². The number of nitrogens with one attached hydrogen (secondary N) is 1. The Morgan fingerprint density at radius 1 is 1.40 bits per heavy atom. The minimum absolute atomic E-state index is 0.191. The third kappa shape index (κ3) is 2.72. The number of rotatable bonds is 3. The van der Waals surface area contributed by atoms with Gasteiger partial charge in [-0.2, -0.15) is 0 Å². The minimum atomic E-state index is -0.191. The van der Waals surface area contributed by atoms with Crippen LogP contribution in [0.1, 0.15) is 28.5 Å². The fraction of sp³-hybridized carbons (Fsp3) is 0.267. The highest BCUT2D eigenvalue weighted by molar-refractivity contribution is 9.10. The van der Waals surface area contributed by atoms with Crippen LogP contribution in [0.5, 0.6) is 5.75 Å². The Bertz CT molecular complexity index is 662. The standard InChI is InChI=1S/C15H17BrN2O2/c1-4-18-8-11(16)7-13(18)15(20)17-12-6-5-9(2)14(19)10(12)3/h5-8,19H,4H2,1-3H3,(H,17,20). The molecule has 0 atom stereocenters. The maximum absolute atomic E-state index is 12.3. The lowest BCUT2D eigenvalue weighted by Gasteiger charge is -2.12. The van der Waals surface area contributed by atoms with Crippen LogP contribution in [0.25, 0.3) is 0 Å². The number of aryl methyl sites for hydroxylation is 2. The molecule has 2 rings (SSSR count). The van der Waals surface area contributed by atoms with Gasteiger partial charge in [0.05, 0.1) is 0 Å². The van der Waals surface area contributed by atoms with Gasteiger partial charge in [0.25, 0.3) is 5.91 Å². The van der Waals surface area contributed by atoms with Crippen LogP contribution in [0.15, 0.2) is 28.9 Å². The van der Waals surface area contributed by atoms with Gasteiger partial charge in [-0.15, -0.1) is 0 Å². The number of benzene rings is 1. The summed E-state index contributed by atoms with van der Waals surface area (Å²) in [6.07, 6.45) is 1.87. The highest BCUT2D eigenvalue weighted by atomic mass is 79.9. The summed E-state index contributed by atoms with van der Waals surface area (Å²) in [5.41, 5.74) is 2.67. The second-order valence-corrected chi connectivity index (χ2v) is 5.60. The molecule has 106 valence electrons. The van der Waals surface area contributed by atoms with Gasteiger partial charge in [-0.1, -0.05) is 6.07 Å². The summed E-state index contributed by atoms with van der Waals surface area (Å²) >= 11 is 3.37. The normalized spacial score (nSPS) is 10.6. The summed E-state index contributed by atoms with van der Waals surface area (Å²) in [6.45, 7) is 6.30. The van der Waals surface area contributed by atoms with Gasteiger partial charge < -0.3 is 15.0 Å². The van der Waals surface area contributed by atoms with Crippen molar-refractivity contribution >= 4 is 27.5 Å². The molecule has 0 saturated heterocycles. The van der Waals surface area contributed by atoms with E-state index in [1.807, 2.05) is 24.6 Å². The van der Waals surface area contributed by atoms with E-state index < -0.39 is 0 Å². The Balaban J connectivity index is 2.30. The van der Waals surface area contributed by atoms with Crippen molar-refractivity contribution in [3.05, 3.63) is 45.7 Å². The summed E-state index contributed by atoms with van der Waals surface area (Å²) in [4.78, 5) is 12.3. The van der Waals surface area contributed by atoms with Crippen molar-refractivity contribution in [3.8, 4) is 5.75 Å². The van der Waals surface area contributed by atoms with E-state index in [9.17, 15) is 9.90 Å². The predicted octanol–water partition coefficient (Wildman–Crippen LogP) is 3.85. The van der Waals surface area contributed by atoms with E-state index in [0.29, 0.717) is 23.5 Å². The van der Waals surface area contributed by atoms with Crippen molar-refractivity contribution in [2.75, 3.05) is 5.32 Å². The number of aromatic hydroxyl groups is 1. The van der Waals surface area contributed by atoms with Gasteiger partial charge in [0.1, 0.15) is 11.4 Å². The smallest absolute Gasteiger partial charge is 0.272 e. The third-order valence-electron chi connectivity index (χ3n) is 3.32. The molecule has 5 heteroatoms. The Morgan fingerprint density at radius 3 is 2.75 bits per heavy atom. The second kappa shape index (κ2) is 5.71. The van der Waals surface area contributed by atoms with Crippen LogP contribution < -0.4 is 5.32 Å². The predicted molar refractivity (Wildman–Crippen MR) is 83.3 cm³/mol. The van der Waals surface area contributed by atoms with Crippen molar-refractivity contribution < 1.29 is 9.90 Å². The molecule has 0 aliphatic rings. The van der Waals surface area contributed by atoms with Gasteiger partial charge in [-0.05, 0) is 54.4 Å². The van der Waals surface area contributed by atoms with E-state index in [-0.39, 0.29) is 11.7 Å². The number of hydrogen-bond acceptors (Lipinski definition) is 2. The molecule has 2 aromatic rings. The zero-order valence-corrected chi connectivity index (χ0v) is 13.3. The van der Waals surface area contributed by atoms with Crippen LogP contribution in [0, 0.1) is 13.8 Å². The van der Waals surface area contributed by atoms with Crippen LogP contribution >= 0.6 is 15.9 Å². The monoisotopic (exact) mass is 336 g/mol. The summed E-state index contributed by atoms with van der Waals surface area (Å²) in [5.74, 6) is 0.0266. The first-order valence-electron chi connectivity index (χ1n) is 6.40. The van der Waals surface area contributed by atoms with Crippen molar-refractivity contribution in [1.29, 1.82) is 0 Å². The lowest BCUT2D eigenvalue weighted by molar-refractivity contribution is 0.101. The summed E-state index contributed by atoms with van der Waals surface area (Å²) < 4.78 is 2.73. The molecular weight excluding hydrogens is 320 g/mol. The molecule has 4 nitrogen and oxygen atoms in total. The molecule has 0 bridgehead atoms. The van der Waals surface area contributed by atoms with E-state index >= 15 is 0 Å². The number of carbonyl (C=O) groups is 1. The number of hydrogen-bond donors (Lipinski definition) is 2. The summed E-state index contributed by atoms with van der Waals surface area (Å²) in [5, 5.41) is 12.8. The van der Waals surface area contributed by atoms with E-state index in [1.165, 1.54) is 0 Å². The van der Waals surface area contributed by atoms with Crippen LogP contribution in [0.4, 0.5) is 5.69 Å². The zero-order chi connectivity index (χ0) is 14.9. The number of aromatic nitrogens is 1. The first kappa shape index (κ1) is 14.7. The number of nitrogens with zero attached hydrogens (tertiary/aromatic N) is 1. The molecule has 1 amide bonds. The number of amides is 1. The molecule has 20 heavy (non-hydrogen) atoms. The molecule has 1 heterocycles. The maximum atomic E-state index is 12.3. The Hall–Kier alpha value is -1.75. The zero-order valence-electron chi connectivity index (χ0n) is 11.7. The number of carbonyl (C=O) groups excluding carboxylic acids is 1. The first-order chi connectivity index (χ1) is 9.43. The van der Waals surface area contributed by atoms with E-state index in [0.717, 1.165) is 10.0 Å². The molecule has 2 N–H and O–H groups in total. The fourth-order valence-corrected chi connectivity index (χ4v) is 2.55. The largest absolute Gasteiger partial charge is 0.507 e. The van der Waals surface area contributed by atoms with Gasteiger partial charge in [0.15, 0.2) is 0 Å². The number of anilines is 1. The summed E-state index contributed by atoms with van der Waals surface area (Å²) in [7, 11) is 0. The SMILES string of the molecule is CCn1cc(Br)cc1C(=O)Nc1ccc(C)c(O)c1C. The lowest BCUT2D eigenvalue weighted by Crippen LogP contribution is -2.17. The number of phenolic OH excluding ortho intramolecular Hbond substituents is 1. The van der Waals surface area contributed by atoms with Gasteiger partial charge in [0.2, 0.25) is 0 Å². The molecule has 0 spiro atoms. The molecule has 1 aromatic carbocycles. The highest BCUT2D eigenvalue weighted by Crippen LogP contribution is 2.28. The third-order valence-corrected chi connectivity index (χ3v) is 3.75. The van der Waals surface area contributed by atoms with Crippen molar-refractivity contribution in [2.24, 2.45) is 0 Å². The lowest BCUT2D eigenvalue weighted by atomic mass is 10.1. The number of halogens is 1. The highest BCUT2D eigenvalue weighted by Gasteiger charge is 2.14. The van der Waals surface area contributed by atoms with E-state index in [1.54, 1.807) is 25.1 Å². The Morgan fingerprint density at radius 2 is 2.10 bits per heavy atom. The van der Waals surface area contributed by atoms with Crippen LogP contribution in [-0.2, 0) is 6.54 Å². The molecular formula is C15H17BrN2O2. The van der Waals surface area contributed by atoms with Gasteiger partial charge >= 0.3 is 0 Å². The summed E-state index contributed by atoms with van der Waals surface area (Å²) in [6, 6.07) is 5.37. The first-order valence-corrected chi connectivity index (χ1v) is 7.19. The molecule has 0 saturated carbocycles. The topological polar surface area (TPSA) is 54.3 Å². The van der Waals surface area contributed by atoms with Crippen LogP contribution in [0.3, 0.4) is 0 Å². The van der Waals surface area contributed by atoms with Crippen LogP contribution in [0.2, 0.25) is 0 Å². The van der Waals surface area contributed by atoms with Crippen molar-refractivity contribution in [3.63, 3.8) is 0 Å². The average molecular weight is 337 g/mol. The van der Waals surface area contributed by atoms with E-state index in [4.69, 9.17) is 0 Å². The molecule has 0 unspecified atom stereocenters. The molecule has 0 aliphatic carbocycles. The second-order valence-electron chi connectivity index (χ2n) is 4.69.